The zero-order chi connectivity index (χ0) is 17.9. The molecule has 1 aromatic rings. The molecule has 0 spiro atoms. The van der Waals surface area contributed by atoms with Gasteiger partial charge in [0.2, 0.25) is 5.96 Å². The lowest BCUT2D eigenvalue weighted by molar-refractivity contribution is 0.297. The van der Waals surface area contributed by atoms with Gasteiger partial charge in [0, 0.05) is 38.3 Å². The molecule has 3 rings (SSSR count). The third-order valence-corrected chi connectivity index (χ3v) is 6.05. The SMILES string of the molecule is CCC1C=NN(/C(=N/S(=O)(=O)c2ccccc2Cl)N2CCNCC2)C1. The van der Waals surface area contributed by atoms with Crippen LogP contribution in [0.3, 0.4) is 0 Å². The van der Waals surface area contributed by atoms with Gasteiger partial charge < -0.3 is 10.2 Å². The van der Waals surface area contributed by atoms with Crippen LogP contribution in [0.15, 0.2) is 38.7 Å². The monoisotopic (exact) mass is 383 g/mol. The van der Waals surface area contributed by atoms with Gasteiger partial charge in [0.25, 0.3) is 10.0 Å². The molecule has 1 N–H and O–H groups in total. The second-order valence-corrected chi connectivity index (χ2v) is 8.03. The summed E-state index contributed by atoms with van der Waals surface area (Å²) in [6.07, 6.45) is 2.81. The Morgan fingerprint density at radius 2 is 2.08 bits per heavy atom. The standard InChI is InChI=1S/C16H22ClN5O2S/c1-2-13-11-19-22(12-13)16(21-9-7-18-8-10-21)20-25(23,24)15-6-4-3-5-14(15)17/h3-6,11,13,18H,2,7-10,12H2,1H3/b20-16+. The minimum absolute atomic E-state index is 0.0134. The number of nitrogens with one attached hydrogen (secondary N) is 1. The Hall–Kier alpha value is -1.64. The maximum Gasteiger partial charge on any atom is 0.287 e. The molecule has 7 nitrogen and oxygen atoms in total. The van der Waals surface area contributed by atoms with E-state index in [-0.39, 0.29) is 9.92 Å². The summed E-state index contributed by atoms with van der Waals surface area (Å²) in [5.74, 6) is 0.671. The number of piperazine rings is 1. The number of hydrogen-bond donors (Lipinski definition) is 1. The number of hydrogen-bond acceptors (Lipinski definition) is 4. The van der Waals surface area contributed by atoms with Crippen LogP contribution in [-0.2, 0) is 10.0 Å². The van der Waals surface area contributed by atoms with E-state index in [1.54, 1.807) is 23.2 Å². The molecular weight excluding hydrogens is 362 g/mol. The number of nitrogens with zero attached hydrogens (tertiary/aromatic N) is 4. The first-order valence-corrected chi connectivity index (χ1v) is 10.2. The minimum Gasteiger partial charge on any atom is -0.338 e. The molecular formula is C16H22ClN5O2S. The number of sulfonamides is 1. The fourth-order valence-electron chi connectivity index (χ4n) is 2.80. The maximum atomic E-state index is 12.8. The molecule has 1 unspecified atom stereocenters. The second kappa shape index (κ2) is 7.72. The highest BCUT2D eigenvalue weighted by atomic mass is 35.5. The lowest BCUT2D eigenvalue weighted by Gasteiger charge is -2.33. The van der Waals surface area contributed by atoms with Gasteiger partial charge in [-0.05, 0) is 18.6 Å². The predicted octanol–water partition coefficient (Wildman–Crippen LogP) is 1.62. The van der Waals surface area contributed by atoms with Gasteiger partial charge in [0.1, 0.15) is 4.90 Å². The highest BCUT2D eigenvalue weighted by molar-refractivity contribution is 7.90. The molecule has 25 heavy (non-hydrogen) atoms. The molecule has 0 aliphatic carbocycles. The molecule has 2 aliphatic heterocycles. The molecule has 1 aromatic carbocycles. The van der Waals surface area contributed by atoms with Crippen LogP contribution in [0.25, 0.3) is 0 Å². The molecule has 1 fully saturated rings. The van der Waals surface area contributed by atoms with Gasteiger partial charge in [-0.1, -0.05) is 30.7 Å². The molecule has 2 aliphatic rings. The number of benzene rings is 1. The minimum atomic E-state index is -3.92. The fourth-order valence-corrected chi connectivity index (χ4v) is 4.32. The summed E-state index contributed by atoms with van der Waals surface area (Å²) in [7, 11) is -3.92. The average molecular weight is 384 g/mol. The van der Waals surface area contributed by atoms with Crippen molar-refractivity contribution in [3.63, 3.8) is 0 Å². The van der Waals surface area contributed by atoms with Crippen LogP contribution in [0.1, 0.15) is 13.3 Å². The summed E-state index contributed by atoms with van der Waals surface area (Å²) in [6.45, 7) is 5.64. The van der Waals surface area contributed by atoms with Crippen LogP contribution >= 0.6 is 11.6 Å². The van der Waals surface area contributed by atoms with E-state index in [2.05, 4.69) is 21.7 Å². The Labute approximate surface area is 153 Å². The maximum absolute atomic E-state index is 12.8. The van der Waals surface area contributed by atoms with Crippen LogP contribution in [0.4, 0.5) is 0 Å². The third kappa shape index (κ3) is 4.13. The van der Waals surface area contributed by atoms with Crippen molar-refractivity contribution in [1.82, 2.24) is 15.2 Å². The molecule has 0 bridgehead atoms. The highest BCUT2D eigenvalue weighted by Gasteiger charge is 2.29. The van der Waals surface area contributed by atoms with E-state index in [1.807, 2.05) is 11.1 Å². The van der Waals surface area contributed by atoms with Crippen LogP contribution in [0.2, 0.25) is 5.02 Å². The largest absolute Gasteiger partial charge is 0.338 e. The average Bonchev–Trinajstić information content (AvgIpc) is 3.09. The summed E-state index contributed by atoms with van der Waals surface area (Å²) in [5, 5.41) is 9.50. The lowest BCUT2D eigenvalue weighted by atomic mass is 10.1. The van der Waals surface area contributed by atoms with E-state index >= 15 is 0 Å². The summed E-state index contributed by atoms with van der Waals surface area (Å²) in [4.78, 5) is 1.97. The van der Waals surface area contributed by atoms with Crippen molar-refractivity contribution in [1.29, 1.82) is 0 Å². The number of guanidine groups is 1. The first kappa shape index (κ1) is 18.2. The zero-order valence-electron chi connectivity index (χ0n) is 14.1. The van der Waals surface area contributed by atoms with Crippen molar-refractivity contribution >= 4 is 33.8 Å². The Balaban J connectivity index is 1.97. The molecule has 1 atom stereocenters. The molecule has 9 heteroatoms. The summed E-state index contributed by atoms with van der Waals surface area (Å²) < 4.78 is 29.8. The van der Waals surface area contributed by atoms with E-state index < -0.39 is 10.0 Å². The quantitative estimate of drug-likeness (QED) is 0.634. The van der Waals surface area contributed by atoms with E-state index in [0.717, 1.165) is 19.5 Å². The molecule has 0 saturated carbocycles. The van der Waals surface area contributed by atoms with Gasteiger partial charge in [-0.3, -0.25) is 0 Å². The molecule has 0 radical (unpaired) electrons. The van der Waals surface area contributed by atoms with E-state index in [0.29, 0.717) is 31.5 Å². The van der Waals surface area contributed by atoms with E-state index in [9.17, 15) is 8.42 Å². The van der Waals surface area contributed by atoms with Crippen molar-refractivity contribution in [3.8, 4) is 0 Å². The summed E-state index contributed by atoms with van der Waals surface area (Å²) in [5.41, 5.74) is 0. The van der Waals surface area contributed by atoms with Crippen molar-refractivity contribution < 1.29 is 8.42 Å². The Morgan fingerprint density at radius 3 is 2.72 bits per heavy atom. The van der Waals surface area contributed by atoms with Gasteiger partial charge in [-0.25, -0.2) is 5.01 Å². The molecule has 2 heterocycles. The van der Waals surface area contributed by atoms with Crippen LogP contribution in [-0.4, -0.2) is 63.2 Å². The lowest BCUT2D eigenvalue weighted by Crippen LogP contribution is -2.51. The highest BCUT2D eigenvalue weighted by Crippen LogP contribution is 2.24. The third-order valence-electron chi connectivity index (χ3n) is 4.30. The van der Waals surface area contributed by atoms with Crippen LogP contribution < -0.4 is 5.32 Å². The first-order valence-electron chi connectivity index (χ1n) is 8.38. The van der Waals surface area contributed by atoms with E-state index in [1.165, 1.54) is 6.07 Å². The summed E-state index contributed by atoms with van der Waals surface area (Å²) >= 11 is 6.07. The van der Waals surface area contributed by atoms with Gasteiger partial charge >= 0.3 is 0 Å². The topological polar surface area (TPSA) is 77.4 Å². The summed E-state index contributed by atoms with van der Waals surface area (Å²) in [6, 6.07) is 6.35. The molecule has 0 amide bonds. The number of hydrazone groups is 1. The van der Waals surface area contributed by atoms with Crippen LogP contribution in [0.5, 0.6) is 0 Å². The van der Waals surface area contributed by atoms with Gasteiger partial charge in [-0.2, -0.15) is 13.5 Å². The van der Waals surface area contributed by atoms with Crippen molar-refractivity contribution in [2.45, 2.75) is 18.2 Å². The normalized spacial score (nSPS) is 21.8. The fraction of sp³-hybridized carbons (Fsp3) is 0.500. The first-order chi connectivity index (χ1) is 12.0. The number of halogens is 1. The second-order valence-electron chi connectivity index (χ2n) is 6.05. The Kier molecular flexibility index (Phi) is 5.61. The zero-order valence-corrected chi connectivity index (χ0v) is 15.7. The van der Waals surface area contributed by atoms with Crippen molar-refractivity contribution in [2.75, 3.05) is 32.7 Å². The Bertz CT molecular complexity index is 774. The molecule has 136 valence electrons. The van der Waals surface area contributed by atoms with Crippen molar-refractivity contribution in [2.24, 2.45) is 15.4 Å². The van der Waals surface area contributed by atoms with Crippen LogP contribution in [0, 0.1) is 5.92 Å². The van der Waals surface area contributed by atoms with Gasteiger partial charge in [0.15, 0.2) is 0 Å². The van der Waals surface area contributed by atoms with E-state index in [4.69, 9.17) is 11.6 Å². The van der Waals surface area contributed by atoms with Crippen molar-refractivity contribution in [3.05, 3.63) is 29.3 Å². The van der Waals surface area contributed by atoms with Gasteiger partial charge in [-0.15, -0.1) is 4.40 Å². The molecule has 0 aromatic heterocycles. The predicted molar refractivity (Wildman–Crippen MR) is 99.5 cm³/mol. The Morgan fingerprint density at radius 1 is 1.36 bits per heavy atom. The molecule has 1 saturated heterocycles. The number of rotatable bonds is 3. The van der Waals surface area contributed by atoms with Gasteiger partial charge in [0.05, 0.1) is 11.6 Å². The smallest absolute Gasteiger partial charge is 0.287 e.